The van der Waals surface area contributed by atoms with Crippen LogP contribution in [0.1, 0.15) is 16.7 Å². The summed E-state index contributed by atoms with van der Waals surface area (Å²) in [6.07, 6.45) is 1.41. The highest BCUT2D eigenvalue weighted by atomic mass is 32.1. The number of rotatable bonds is 7. The molecule has 0 unspecified atom stereocenters. The van der Waals surface area contributed by atoms with E-state index in [0.717, 1.165) is 11.1 Å². The van der Waals surface area contributed by atoms with E-state index in [2.05, 4.69) is 10.5 Å². The highest BCUT2D eigenvalue weighted by Gasteiger charge is 2.12. The number of nitrogens with one attached hydrogen (secondary N) is 1. The summed E-state index contributed by atoms with van der Waals surface area (Å²) in [5, 5.41) is 15.7. The van der Waals surface area contributed by atoms with Gasteiger partial charge in [-0.25, -0.2) is 0 Å². The van der Waals surface area contributed by atoms with Crippen molar-refractivity contribution in [1.29, 1.82) is 0 Å². The Bertz CT molecular complexity index is 952. The number of hydrazone groups is 1. The monoisotopic (exact) mass is 404 g/mol. The van der Waals surface area contributed by atoms with Crippen molar-refractivity contribution in [3.63, 3.8) is 0 Å². The molecule has 0 amide bonds. The van der Waals surface area contributed by atoms with Crippen LogP contribution in [0.15, 0.2) is 90.0 Å². The van der Waals surface area contributed by atoms with Crippen molar-refractivity contribution in [2.45, 2.75) is 13.1 Å². The van der Waals surface area contributed by atoms with Gasteiger partial charge in [0.1, 0.15) is 0 Å². The smallest absolute Gasteiger partial charge is 0.278 e. The third-order valence-corrected chi connectivity index (χ3v) is 4.57. The van der Waals surface area contributed by atoms with Crippen molar-refractivity contribution >= 4 is 29.2 Å². The molecule has 29 heavy (non-hydrogen) atoms. The lowest BCUT2D eigenvalue weighted by Gasteiger charge is -2.25. The van der Waals surface area contributed by atoms with Gasteiger partial charge < -0.3 is 4.90 Å². The first-order valence-corrected chi connectivity index (χ1v) is 9.43. The van der Waals surface area contributed by atoms with Gasteiger partial charge in [0.2, 0.25) is 0 Å². The number of hydrogen-bond acceptors (Lipinski definition) is 4. The van der Waals surface area contributed by atoms with E-state index >= 15 is 0 Å². The van der Waals surface area contributed by atoms with Crippen molar-refractivity contribution in [1.82, 2.24) is 10.3 Å². The fourth-order valence-corrected chi connectivity index (χ4v) is 2.98. The molecule has 1 N–H and O–H groups in total. The zero-order valence-corrected chi connectivity index (χ0v) is 16.5. The topological polar surface area (TPSA) is 70.8 Å². The Morgan fingerprint density at radius 1 is 0.931 bits per heavy atom. The normalized spacial score (nSPS) is 10.6. The highest BCUT2D eigenvalue weighted by Crippen LogP contribution is 2.15. The Labute approximate surface area is 174 Å². The molecule has 0 aliphatic rings. The maximum Gasteiger partial charge on any atom is 0.278 e. The fourth-order valence-electron chi connectivity index (χ4n) is 2.80. The Morgan fingerprint density at radius 2 is 1.45 bits per heavy atom. The molecule has 0 saturated carbocycles. The van der Waals surface area contributed by atoms with Crippen molar-refractivity contribution in [3.8, 4) is 0 Å². The summed E-state index contributed by atoms with van der Waals surface area (Å²) < 4.78 is 0. The number of hydrogen-bond donors (Lipinski definition) is 1. The second kappa shape index (κ2) is 10.1. The minimum Gasteiger partial charge on any atom is -0.339 e. The van der Waals surface area contributed by atoms with Gasteiger partial charge >= 0.3 is 0 Å². The highest BCUT2D eigenvalue weighted by molar-refractivity contribution is 7.80. The molecule has 3 aromatic rings. The number of benzene rings is 3. The minimum atomic E-state index is -0.434. The molecule has 3 aromatic carbocycles. The summed E-state index contributed by atoms with van der Waals surface area (Å²) >= 11 is 5.54. The third kappa shape index (κ3) is 5.95. The largest absolute Gasteiger partial charge is 0.339 e. The second-order valence-corrected chi connectivity index (χ2v) is 6.71. The molecule has 6 nitrogen and oxygen atoms in total. The summed E-state index contributed by atoms with van der Waals surface area (Å²) in [7, 11) is 0. The van der Waals surface area contributed by atoms with E-state index in [4.69, 9.17) is 12.2 Å². The lowest BCUT2D eigenvalue weighted by atomic mass is 10.2. The number of nitro benzene ring substituents is 1. The van der Waals surface area contributed by atoms with Crippen LogP contribution in [0.25, 0.3) is 0 Å². The van der Waals surface area contributed by atoms with Gasteiger partial charge in [0.15, 0.2) is 5.11 Å². The molecule has 0 fully saturated rings. The molecular weight excluding hydrogens is 384 g/mol. The maximum atomic E-state index is 11.1. The molecule has 0 heterocycles. The molecule has 0 spiro atoms. The van der Waals surface area contributed by atoms with Crippen LogP contribution < -0.4 is 5.43 Å². The molecule has 146 valence electrons. The van der Waals surface area contributed by atoms with Crippen LogP contribution in [0, 0.1) is 10.1 Å². The first kappa shape index (κ1) is 20.2. The number of nitro groups is 1. The molecule has 3 rings (SSSR count). The third-order valence-electron chi connectivity index (χ3n) is 4.22. The molecule has 0 radical (unpaired) electrons. The molecular formula is C22H20N4O2S. The second-order valence-electron chi connectivity index (χ2n) is 6.32. The van der Waals surface area contributed by atoms with Gasteiger partial charge in [0, 0.05) is 19.2 Å². The Balaban J connectivity index is 1.73. The van der Waals surface area contributed by atoms with E-state index in [-0.39, 0.29) is 5.69 Å². The van der Waals surface area contributed by atoms with Crippen molar-refractivity contribution < 1.29 is 4.92 Å². The van der Waals surface area contributed by atoms with Gasteiger partial charge in [0.25, 0.3) is 5.69 Å². The van der Waals surface area contributed by atoms with E-state index in [1.807, 2.05) is 65.6 Å². The number of thiocarbonyl (C=S) groups is 1. The summed E-state index contributed by atoms with van der Waals surface area (Å²) in [6, 6.07) is 26.5. The molecule has 0 atom stereocenters. The lowest BCUT2D eigenvalue weighted by Crippen LogP contribution is -2.36. The van der Waals surface area contributed by atoms with E-state index < -0.39 is 4.92 Å². The Morgan fingerprint density at radius 3 is 2.00 bits per heavy atom. The molecule has 0 aliphatic heterocycles. The number of nitrogens with zero attached hydrogens (tertiary/aromatic N) is 3. The standard InChI is InChI=1S/C22H20N4O2S/c27-26(28)21-14-8-7-13-20(21)15-23-24-22(29)25(16-18-9-3-1-4-10-18)17-19-11-5-2-6-12-19/h1-15H,16-17H2,(H,24,29)/b23-15-. The summed E-state index contributed by atoms with van der Waals surface area (Å²) in [6.45, 7) is 1.23. The van der Waals surface area contributed by atoms with Gasteiger partial charge in [0.05, 0.1) is 16.7 Å². The fraction of sp³-hybridized carbons (Fsp3) is 0.0909. The lowest BCUT2D eigenvalue weighted by molar-refractivity contribution is -0.385. The van der Waals surface area contributed by atoms with Gasteiger partial charge in [-0.3, -0.25) is 15.5 Å². The van der Waals surface area contributed by atoms with Gasteiger partial charge in [-0.1, -0.05) is 72.8 Å². The van der Waals surface area contributed by atoms with E-state index in [1.165, 1.54) is 12.3 Å². The van der Waals surface area contributed by atoms with Crippen LogP contribution in [-0.2, 0) is 13.1 Å². The first-order valence-electron chi connectivity index (χ1n) is 9.03. The van der Waals surface area contributed by atoms with Crippen LogP contribution in [0.3, 0.4) is 0 Å². The molecule has 0 aliphatic carbocycles. The van der Waals surface area contributed by atoms with Crippen molar-refractivity contribution in [2.75, 3.05) is 0 Å². The Hall–Kier alpha value is -3.58. The van der Waals surface area contributed by atoms with E-state index in [9.17, 15) is 10.1 Å². The average Bonchev–Trinajstić information content (AvgIpc) is 2.75. The molecule has 7 heteroatoms. The van der Waals surface area contributed by atoms with E-state index in [0.29, 0.717) is 23.8 Å². The molecule has 0 bridgehead atoms. The summed E-state index contributed by atoms with van der Waals surface area (Å²) in [4.78, 5) is 12.7. The minimum absolute atomic E-state index is 0.00519. The molecule has 0 aromatic heterocycles. The maximum absolute atomic E-state index is 11.1. The number of para-hydroxylation sites is 1. The van der Waals surface area contributed by atoms with Crippen LogP contribution in [-0.4, -0.2) is 21.2 Å². The van der Waals surface area contributed by atoms with E-state index in [1.54, 1.807) is 18.2 Å². The summed E-state index contributed by atoms with van der Waals surface area (Å²) in [5.41, 5.74) is 5.49. The van der Waals surface area contributed by atoms with Gasteiger partial charge in [-0.05, 0) is 29.4 Å². The van der Waals surface area contributed by atoms with Crippen LogP contribution >= 0.6 is 12.2 Å². The van der Waals surface area contributed by atoms with Crippen molar-refractivity contribution in [3.05, 3.63) is 112 Å². The zero-order chi connectivity index (χ0) is 20.5. The van der Waals surface area contributed by atoms with Gasteiger partial charge in [-0.2, -0.15) is 5.10 Å². The predicted molar refractivity (Wildman–Crippen MR) is 119 cm³/mol. The summed E-state index contributed by atoms with van der Waals surface area (Å²) in [5.74, 6) is 0. The van der Waals surface area contributed by atoms with Crippen molar-refractivity contribution in [2.24, 2.45) is 5.10 Å². The zero-order valence-electron chi connectivity index (χ0n) is 15.6. The molecule has 0 saturated heterocycles. The SMILES string of the molecule is O=[N+]([O-])c1ccccc1/C=N\NC(=S)N(Cc1ccccc1)Cc1ccccc1. The van der Waals surface area contributed by atoms with Crippen LogP contribution in [0.4, 0.5) is 5.69 Å². The van der Waals surface area contributed by atoms with Gasteiger partial charge in [-0.15, -0.1) is 0 Å². The van der Waals surface area contributed by atoms with Crippen LogP contribution in [0.5, 0.6) is 0 Å². The van der Waals surface area contributed by atoms with Crippen LogP contribution in [0.2, 0.25) is 0 Å². The average molecular weight is 404 g/mol. The predicted octanol–water partition coefficient (Wildman–Crippen LogP) is 4.51. The Kier molecular flexibility index (Phi) is 7.02. The first-order chi connectivity index (χ1) is 14.1. The quantitative estimate of drug-likeness (QED) is 0.272.